The van der Waals surface area contributed by atoms with Gasteiger partial charge in [-0.25, -0.2) is 0 Å². The zero-order valence-electron chi connectivity index (χ0n) is 11.8. The molecule has 0 heterocycles. The SMILES string of the molecule is CC(=O)[C@H]1CC(=O)C[C@H](C)[C@@H]1C(=O)OC(C)(C)C. The number of rotatable bonds is 2. The Morgan fingerprint density at radius 1 is 1.22 bits per heavy atom. The van der Waals surface area contributed by atoms with Gasteiger partial charge in [0.05, 0.1) is 5.92 Å². The van der Waals surface area contributed by atoms with Gasteiger partial charge >= 0.3 is 5.97 Å². The first-order valence-electron chi connectivity index (χ1n) is 6.37. The van der Waals surface area contributed by atoms with Crippen molar-refractivity contribution >= 4 is 17.5 Å². The molecule has 3 atom stereocenters. The molecule has 0 saturated heterocycles. The van der Waals surface area contributed by atoms with E-state index in [1.807, 2.05) is 6.92 Å². The zero-order chi connectivity index (χ0) is 14.1. The van der Waals surface area contributed by atoms with E-state index in [0.29, 0.717) is 6.42 Å². The standard InChI is InChI=1S/C14H22O4/c1-8-6-10(16)7-11(9(2)15)12(8)13(17)18-14(3,4)5/h8,11-12H,6-7H2,1-5H3/t8-,11+,12-/m0/s1. The van der Waals surface area contributed by atoms with E-state index in [0.717, 1.165) is 0 Å². The molecule has 4 nitrogen and oxygen atoms in total. The molecule has 1 aliphatic rings. The van der Waals surface area contributed by atoms with Gasteiger partial charge in [-0.15, -0.1) is 0 Å². The number of hydrogen-bond donors (Lipinski definition) is 0. The second-order valence-electron chi connectivity index (χ2n) is 6.20. The lowest BCUT2D eigenvalue weighted by atomic mass is 9.70. The Morgan fingerprint density at radius 3 is 2.22 bits per heavy atom. The molecule has 0 amide bonds. The normalized spacial score (nSPS) is 28.9. The van der Waals surface area contributed by atoms with E-state index in [9.17, 15) is 14.4 Å². The molecule has 1 aliphatic carbocycles. The van der Waals surface area contributed by atoms with Gasteiger partial charge in [-0.05, 0) is 33.6 Å². The maximum absolute atomic E-state index is 12.2. The third kappa shape index (κ3) is 3.65. The second kappa shape index (κ2) is 5.21. The summed E-state index contributed by atoms with van der Waals surface area (Å²) in [5.41, 5.74) is -0.570. The molecule has 0 aromatic heterocycles. The lowest BCUT2D eigenvalue weighted by molar-refractivity contribution is -0.167. The van der Waals surface area contributed by atoms with Crippen LogP contribution < -0.4 is 0 Å². The van der Waals surface area contributed by atoms with Crippen molar-refractivity contribution in [2.24, 2.45) is 17.8 Å². The molecule has 4 heteroatoms. The van der Waals surface area contributed by atoms with Gasteiger partial charge in [-0.3, -0.25) is 14.4 Å². The second-order valence-corrected chi connectivity index (χ2v) is 6.20. The van der Waals surface area contributed by atoms with Gasteiger partial charge in [0.2, 0.25) is 0 Å². The van der Waals surface area contributed by atoms with Crippen LogP contribution in [0.3, 0.4) is 0 Å². The van der Waals surface area contributed by atoms with E-state index >= 15 is 0 Å². The predicted molar refractivity (Wildman–Crippen MR) is 66.9 cm³/mol. The highest BCUT2D eigenvalue weighted by Gasteiger charge is 2.43. The summed E-state index contributed by atoms with van der Waals surface area (Å²) >= 11 is 0. The van der Waals surface area contributed by atoms with E-state index in [1.165, 1.54) is 6.92 Å². The molecular formula is C14H22O4. The van der Waals surface area contributed by atoms with Crippen molar-refractivity contribution < 1.29 is 19.1 Å². The minimum absolute atomic E-state index is 0.0579. The molecule has 0 bridgehead atoms. The number of esters is 1. The van der Waals surface area contributed by atoms with E-state index in [-0.39, 0.29) is 29.9 Å². The topological polar surface area (TPSA) is 60.4 Å². The highest BCUT2D eigenvalue weighted by molar-refractivity contribution is 5.92. The van der Waals surface area contributed by atoms with Crippen molar-refractivity contribution in [2.75, 3.05) is 0 Å². The third-order valence-corrected chi connectivity index (χ3v) is 3.24. The van der Waals surface area contributed by atoms with Crippen LogP contribution in [0, 0.1) is 17.8 Å². The van der Waals surface area contributed by atoms with Gasteiger partial charge in [0, 0.05) is 18.8 Å². The van der Waals surface area contributed by atoms with Crippen LogP contribution in [0.5, 0.6) is 0 Å². The van der Waals surface area contributed by atoms with Crippen molar-refractivity contribution in [3.63, 3.8) is 0 Å². The Balaban J connectivity index is 2.91. The molecule has 1 fully saturated rings. The van der Waals surface area contributed by atoms with Gasteiger partial charge in [0.1, 0.15) is 17.2 Å². The summed E-state index contributed by atoms with van der Waals surface area (Å²) in [6.07, 6.45) is 0.525. The maximum atomic E-state index is 12.2. The molecule has 1 saturated carbocycles. The Bertz CT molecular complexity index is 364. The predicted octanol–water partition coefficient (Wildman–Crippen LogP) is 2.15. The first kappa shape index (κ1) is 14.9. The van der Waals surface area contributed by atoms with Crippen LogP contribution in [0.4, 0.5) is 0 Å². The monoisotopic (exact) mass is 254 g/mol. The molecule has 0 aliphatic heterocycles. The molecule has 0 aromatic rings. The van der Waals surface area contributed by atoms with Crippen LogP contribution in [0.2, 0.25) is 0 Å². The first-order valence-corrected chi connectivity index (χ1v) is 6.37. The van der Waals surface area contributed by atoms with Gasteiger partial charge in [-0.1, -0.05) is 6.92 Å². The molecule has 0 radical (unpaired) electrons. The Kier molecular flexibility index (Phi) is 4.30. The van der Waals surface area contributed by atoms with Crippen molar-refractivity contribution in [3.05, 3.63) is 0 Å². The third-order valence-electron chi connectivity index (χ3n) is 3.24. The maximum Gasteiger partial charge on any atom is 0.310 e. The van der Waals surface area contributed by atoms with E-state index < -0.39 is 17.4 Å². The smallest absolute Gasteiger partial charge is 0.310 e. The van der Waals surface area contributed by atoms with Crippen LogP contribution in [0.15, 0.2) is 0 Å². The number of Topliss-reactive ketones (excluding diaryl/α,β-unsaturated/α-hetero) is 2. The fourth-order valence-electron chi connectivity index (χ4n) is 2.50. The van der Waals surface area contributed by atoms with Crippen molar-refractivity contribution in [1.29, 1.82) is 0 Å². The lowest BCUT2D eigenvalue weighted by Crippen LogP contribution is -2.43. The number of ketones is 2. The quantitative estimate of drug-likeness (QED) is 0.708. The molecule has 18 heavy (non-hydrogen) atoms. The molecule has 0 N–H and O–H groups in total. The fraction of sp³-hybridized carbons (Fsp3) is 0.786. The molecular weight excluding hydrogens is 232 g/mol. The summed E-state index contributed by atoms with van der Waals surface area (Å²) in [7, 11) is 0. The minimum Gasteiger partial charge on any atom is -0.460 e. The molecule has 0 unspecified atom stereocenters. The summed E-state index contributed by atoms with van der Waals surface area (Å²) in [6.45, 7) is 8.67. The van der Waals surface area contributed by atoms with Gasteiger partial charge < -0.3 is 4.74 Å². The molecule has 1 rings (SSSR count). The molecule has 0 spiro atoms. The Labute approximate surface area is 108 Å². The van der Waals surface area contributed by atoms with Crippen LogP contribution in [-0.4, -0.2) is 23.1 Å². The van der Waals surface area contributed by atoms with E-state index in [1.54, 1.807) is 20.8 Å². The van der Waals surface area contributed by atoms with Crippen LogP contribution in [-0.2, 0) is 19.1 Å². The minimum atomic E-state index is -0.570. The summed E-state index contributed by atoms with van der Waals surface area (Å²) < 4.78 is 5.36. The van der Waals surface area contributed by atoms with Crippen LogP contribution in [0.25, 0.3) is 0 Å². The molecule has 102 valence electrons. The summed E-state index contributed by atoms with van der Waals surface area (Å²) in [5.74, 6) is -1.54. The van der Waals surface area contributed by atoms with Gasteiger partial charge in [0.25, 0.3) is 0 Å². The fourth-order valence-corrected chi connectivity index (χ4v) is 2.50. The lowest BCUT2D eigenvalue weighted by Gasteiger charge is -2.34. The zero-order valence-corrected chi connectivity index (χ0v) is 11.8. The average molecular weight is 254 g/mol. The summed E-state index contributed by atoms with van der Waals surface area (Å²) in [5, 5.41) is 0. The summed E-state index contributed by atoms with van der Waals surface area (Å²) in [4.78, 5) is 35.3. The van der Waals surface area contributed by atoms with Crippen molar-refractivity contribution in [3.8, 4) is 0 Å². The van der Waals surface area contributed by atoms with Crippen molar-refractivity contribution in [2.45, 2.75) is 53.1 Å². The Morgan fingerprint density at radius 2 is 1.78 bits per heavy atom. The highest BCUT2D eigenvalue weighted by Crippen LogP contribution is 2.35. The summed E-state index contributed by atoms with van der Waals surface area (Å²) in [6, 6.07) is 0. The van der Waals surface area contributed by atoms with Crippen LogP contribution in [0.1, 0.15) is 47.5 Å². The van der Waals surface area contributed by atoms with E-state index in [4.69, 9.17) is 4.74 Å². The Hall–Kier alpha value is -1.19. The highest BCUT2D eigenvalue weighted by atomic mass is 16.6. The number of hydrogen-bond acceptors (Lipinski definition) is 4. The number of carbonyl (C=O) groups excluding carboxylic acids is 3. The number of ether oxygens (including phenoxy) is 1. The molecule has 0 aromatic carbocycles. The largest absolute Gasteiger partial charge is 0.460 e. The van der Waals surface area contributed by atoms with Gasteiger partial charge in [-0.2, -0.15) is 0 Å². The first-order chi connectivity index (χ1) is 8.11. The van der Waals surface area contributed by atoms with Gasteiger partial charge in [0.15, 0.2) is 0 Å². The van der Waals surface area contributed by atoms with E-state index in [2.05, 4.69) is 0 Å². The van der Waals surface area contributed by atoms with Crippen molar-refractivity contribution in [1.82, 2.24) is 0 Å². The number of carbonyl (C=O) groups is 3. The van der Waals surface area contributed by atoms with Crippen LogP contribution >= 0.6 is 0 Å². The average Bonchev–Trinajstić information content (AvgIpc) is 2.12.